The summed E-state index contributed by atoms with van der Waals surface area (Å²) in [5.74, 6) is 0. The summed E-state index contributed by atoms with van der Waals surface area (Å²) in [6, 6.07) is 43.2. The van der Waals surface area contributed by atoms with Gasteiger partial charge in [0.05, 0.1) is 34.5 Å². The summed E-state index contributed by atoms with van der Waals surface area (Å²) in [5, 5.41) is 7.32. The minimum absolute atomic E-state index is 0.691. The number of benzene rings is 5. The molecule has 7 aromatic rings. The van der Waals surface area contributed by atoms with Gasteiger partial charge in [0.15, 0.2) is 0 Å². The summed E-state index contributed by atoms with van der Waals surface area (Å²) in [6.45, 7) is 7.62. The van der Waals surface area contributed by atoms with Gasteiger partial charge in [-0.2, -0.15) is 0 Å². The third-order valence-corrected chi connectivity index (χ3v) is 9.17. The fraction of sp³-hybridized carbons (Fsp3) is 0.0682. The number of anilines is 2. The molecular formula is C44H37N5. The number of aromatic nitrogens is 2. The normalized spacial score (nSPS) is 15.0. The summed E-state index contributed by atoms with van der Waals surface area (Å²) in [4.78, 5) is 6.93. The standard InChI is InChI=1S/C44H37N5/c1-3-14-41-37(4-2)38-20-5-8-23-42(38)48(41)34-17-11-15-32(29-34)46-31-36-19-13-26-45-27-28-47(36)33-16-12-18-35(30-33)49-43-24-9-6-21-39(43)40-22-7-10-25-44(40)49/h3-26,29-31,46H,2,27-28H2,1H3/b14-3-,19-13-,36-31-,45-26?. The summed E-state index contributed by atoms with van der Waals surface area (Å²) < 4.78 is 4.67. The zero-order chi connectivity index (χ0) is 33.2. The Morgan fingerprint density at radius 3 is 2.04 bits per heavy atom. The number of para-hydroxylation sites is 3. The van der Waals surface area contributed by atoms with Crippen molar-refractivity contribution in [2.75, 3.05) is 23.3 Å². The van der Waals surface area contributed by atoms with Crippen LogP contribution in [-0.4, -0.2) is 28.4 Å². The van der Waals surface area contributed by atoms with Gasteiger partial charge in [0.25, 0.3) is 0 Å². The number of hydrogen-bond donors (Lipinski definition) is 1. The molecule has 0 aliphatic carbocycles. The zero-order valence-electron chi connectivity index (χ0n) is 27.5. The molecule has 0 unspecified atom stereocenters. The predicted molar refractivity (Wildman–Crippen MR) is 210 cm³/mol. The number of allylic oxidation sites excluding steroid dienone is 3. The first-order valence-electron chi connectivity index (χ1n) is 16.7. The monoisotopic (exact) mass is 635 g/mol. The largest absolute Gasteiger partial charge is 0.360 e. The van der Waals surface area contributed by atoms with Gasteiger partial charge in [0, 0.05) is 63.4 Å². The number of hydrogen-bond acceptors (Lipinski definition) is 3. The van der Waals surface area contributed by atoms with Gasteiger partial charge in [-0.05, 0) is 79.7 Å². The molecule has 1 aliphatic heterocycles. The molecule has 2 aromatic heterocycles. The van der Waals surface area contributed by atoms with E-state index in [0.717, 1.165) is 51.8 Å². The van der Waals surface area contributed by atoms with Gasteiger partial charge in [0.2, 0.25) is 0 Å². The van der Waals surface area contributed by atoms with Gasteiger partial charge in [-0.1, -0.05) is 85.5 Å². The first kappa shape index (κ1) is 30.0. The van der Waals surface area contributed by atoms with Crippen molar-refractivity contribution in [1.29, 1.82) is 0 Å². The molecule has 0 radical (unpaired) electrons. The van der Waals surface area contributed by atoms with Crippen LogP contribution in [0.5, 0.6) is 0 Å². The van der Waals surface area contributed by atoms with Gasteiger partial charge < -0.3 is 19.4 Å². The Bertz CT molecular complexity index is 2410. The smallest absolute Gasteiger partial charge is 0.0574 e. The van der Waals surface area contributed by atoms with Crippen LogP contribution in [0.2, 0.25) is 0 Å². The van der Waals surface area contributed by atoms with Crippen molar-refractivity contribution in [3.63, 3.8) is 0 Å². The predicted octanol–water partition coefficient (Wildman–Crippen LogP) is 10.8. The molecule has 5 nitrogen and oxygen atoms in total. The van der Waals surface area contributed by atoms with Crippen LogP contribution in [0.4, 0.5) is 11.4 Å². The van der Waals surface area contributed by atoms with E-state index in [4.69, 9.17) is 0 Å². The highest BCUT2D eigenvalue weighted by atomic mass is 15.2. The molecular weight excluding hydrogens is 599 g/mol. The van der Waals surface area contributed by atoms with Crippen LogP contribution < -0.4 is 10.2 Å². The number of nitrogens with zero attached hydrogens (tertiary/aromatic N) is 4. The van der Waals surface area contributed by atoms with E-state index in [2.05, 4.69) is 184 Å². The van der Waals surface area contributed by atoms with Crippen LogP contribution in [0.15, 0.2) is 163 Å². The van der Waals surface area contributed by atoms with Crippen LogP contribution in [0.1, 0.15) is 18.2 Å². The van der Waals surface area contributed by atoms with Crippen molar-refractivity contribution >= 4 is 62.5 Å². The summed E-state index contributed by atoms with van der Waals surface area (Å²) in [5.41, 5.74) is 11.2. The first-order chi connectivity index (χ1) is 24.2. The first-order valence-corrected chi connectivity index (χ1v) is 16.7. The second kappa shape index (κ2) is 13.1. The molecule has 0 spiro atoms. The molecule has 1 aliphatic rings. The quantitative estimate of drug-likeness (QED) is 0.189. The van der Waals surface area contributed by atoms with E-state index in [9.17, 15) is 0 Å². The van der Waals surface area contributed by atoms with Crippen molar-refractivity contribution in [2.24, 2.45) is 4.99 Å². The zero-order valence-corrected chi connectivity index (χ0v) is 27.5. The van der Waals surface area contributed by atoms with Crippen LogP contribution >= 0.6 is 0 Å². The van der Waals surface area contributed by atoms with E-state index in [1.807, 2.05) is 18.4 Å². The lowest BCUT2D eigenvalue weighted by Crippen LogP contribution is -2.26. The number of nitrogens with one attached hydrogen (secondary N) is 1. The van der Waals surface area contributed by atoms with E-state index in [1.54, 1.807) is 0 Å². The van der Waals surface area contributed by atoms with E-state index in [0.29, 0.717) is 6.54 Å². The van der Waals surface area contributed by atoms with Crippen LogP contribution in [0.3, 0.4) is 0 Å². The van der Waals surface area contributed by atoms with Crippen LogP contribution in [0, 0.1) is 0 Å². The van der Waals surface area contributed by atoms with Crippen molar-refractivity contribution in [3.8, 4) is 11.4 Å². The molecule has 1 N–H and O–H groups in total. The van der Waals surface area contributed by atoms with E-state index < -0.39 is 0 Å². The molecule has 5 heteroatoms. The van der Waals surface area contributed by atoms with Crippen LogP contribution in [-0.2, 0) is 0 Å². The van der Waals surface area contributed by atoms with Crippen molar-refractivity contribution in [1.82, 2.24) is 9.13 Å². The maximum atomic E-state index is 4.59. The lowest BCUT2D eigenvalue weighted by molar-refractivity contribution is 0.892. The fourth-order valence-corrected chi connectivity index (χ4v) is 7.05. The lowest BCUT2D eigenvalue weighted by Gasteiger charge is -2.27. The molecule has 0 atom stereocenters. The third-order valence-electron chi connectivity index (χ3n) is 9.17. The Hall–Kier alpha value is -6.33. The van der Waals surface area contributed by atoms with E-state index >= 15 is 0 Å². The van der Waals surface area contributed by atoms with Gasteiger partial charge in [-0.15, -0.1) is 0 Å². The number of aliphatic imine (C=N–C) groups is 1. The minimum atomic E-state index is 0.691. The maximum Gasteiger partial charge on any atom is 0.0574 e. The van der Waals surface area contributed by atoms with Gasteiger partial charge in [-0.3, -0.25) is 4.99 Å². The third kappa shape index (κ3) is 5.45. The molecule has 8 rings (SSSR count). The van der Waals surface area contributed by atoms with Gasteiger partial charge in [-0.25, -0.2) is 0 Å². The topological polar surface area (TPSA) is 37.5 Å². The Labute approximate surface area is 286 Å². The van der Waals surface area contributed by atoms with Gasteiger partial charge >= 0.3 is 0 Å². The van der Waals surface area contributed by atoms with Crippen molar-refractivity contribution < 1.29 is 0 Å². The molecule has 0 saturated carbocycles. The second-order valence-corrected chi connectivity index (χ2v) is 12.1. The highest BCUT2D eigenvalue weighted by Crippen LogP contribution is 2.35. The van der Waals surface area contributed by atoms with Crippen LogP contribution in [0.25, 0.3) is 56.2 Å². The Morgan fingerprint density at radius 1 is 0.694 bits per heavy atom. The summed E-state index contributed by atoms with van der Waals surface area (Å²) in [6.07, 6.45) is 14.3. The molecule has 0 saturated heterocycles. The van der Waals surface area contributed by atoms with E-state index in [-0.39, 0.29) is 0 Å². The summed E-state index contributed by atoms with van der Waals surface area (Å²) >= 11 is 0. The number of rotatable bonds is 7. The molecule has 49 heavy (non-hydrogen) atoms. The van der Waals surface area contributed by atoms with Crippen molar-refractivity contribution in [2.45, 2.75) is 6.92 Å². The number of fused-ring (bicyclic) bond motifs is 4. The highest BCUT2D eigenvalue weighted by Gasteiger charge is 2.17. The highest BCUT2D eigenvalue weighted by molar-refractivity contribution is 6.09. The molecule has 0 bridgehead atoms. The molecule has 0 fully saturated rings. The average Bonchev–Trinajstić information content (AvgIpc) is 3.64. The fourth-order valence-electron chi connectivity index (χ4n) is 7.05. The van der Waals surface area contributed by atoms with Crippen molar-refractivity contribution in [3.05, 3.63) is 169 Å². The molecule has 5 aromatic carbocycles. The minimum Gasteiger partial charge on any atom is -0.360 e. The Kier molecular flexibility index (Phi) is 8.00. The molecule has 0 amide bonds. The SMILES string of the molecule is C=Cc1c(/C=C\C)n(-c2cccc(N/C=C3/C=C\C=NCCN3c3cccc(-n4c5ccccc5c5ccccc54)c3)c2)c2ccccc12. The maximum absolute atomic E-state index is 4.59. The summed E-state index contributed by atoms with van der Waals surface area (Å²) in [7, 11) is 0. The Balaban J connectivity index is 1.17. The molecule has 238 valence electrons. The van der Waals surface area contributed by atoms with E-state index in [1.165, 1.54) is 27.2 Å². The lowest BCUT2D eigenvalue weighted by atomic mass is 10.1. The second-order valence-electron chi connectivity index (χ2n) is 12.1. The average molecular weight is 636 g/mol. The van der Waals surface area contributed by atoms with Gasteiger partial charge in [0.1, 0.15) is 0 Å². The Morgan fingerprint density at radius 2 is 1.33 bits per heavy atom. The molecule has 3 heterocycles.